The zero-order valence-corrected chi connectivity index (χ0v) is 12.3. The minimum Gasteiger partial charge on any atom is -0.481 e. The molecule has 0 radical (unpaired) electrons. The van der Waals surface area contributed by atoms with Gasteiger partial charge in [0.05, 0.1) is 13.0 Å². The zero-order chi connectivity index (χ0) is 14.9. The summed E-state index contributed by atoms with van der Waals surface area (Å²) in [4.78, 5) is 27.7. The number of pyridine rings is 1. The van der Waals surface area contributed by atoms with Crippen molar-refractivity contribution in [3.05, 3.63) is 23.4 Å². The lowest BCUT2D eigenvalue weighted by Gasteiger charge is -2.24. The van der Waals surface area contributed by atoms with Gasteiger partial charge in [-0.25, -0.2) is 4.98 Å². The highest BCUT2D eigenvalue weighted by Crippen LogP contribution is 2.33. The second kappa shape index (κ2) is 5.23. The normalized spacial score (nSPS) is 19.7. The lowest BCUT2D eigenvalue weighted by atomic mass is 9.88. The average Bonchev–Trinajstić information content (AvgIpc) is 2.37. The number of hydrogen-bond donors (Lipinski definition) is 1. The van der Waals surface area contributed by atoms with E-state index in [4.69, 9.17) is 4.74 Å². The van der Waals surface area contributed by atoms with Crippen LogP contribution in [0, 0.1) is 0 Å². The number of piperidine rings is 1. The van der Waals surface area contributed by atoms with Crippen LogP contribution in [0.3, 0.4) is 0 Å². The fourth-order valence-corrected chi connectivity index (χ4v) is 2.29. The number of methoxy groups -OCH3 is 1. The number of nitrogens with one attached hydrogen (secondary N) is 1. The quantitative estimate of drug-likeness (QED) is 0.838. The van der Waals surface area contributed by atoms with E-state index >= 15 is 0 Å². The van der Waals surface area contributed by atoms with Crippen molar-refractivity contribution in [1.82, 2.24) is 10.3 Å². The van der Waals surface area contributed by atoms with E-state index in [2.05, 4.69) is 31.1 Å². The largest absolute Gasteiger partial charge is 0.481 e. The third kappa shape index (κ3) is 2.81. The van der Waals surface area contributed by atoms with Crippen LogP contribution in [0.25, 0.3) is 0 Å². The number of ether oxygens (including phenoxy) is 1. The lowest BCUT2D eigenvalue weighted by Crippen LogP contribution is -2.39. The zero-order valence-electron chi connectivity index (χ0n) is 12.3. The molecular formula is C15H20N2O3. The molecule has 0 aromatic carbocycles. The fraction of sp³-hybridized carbons (Fsp3) is 0.533. The summed E-state index contributed by atoms with van der Waals surface area (Å²) in [6, 6.07) is 3.80. The smallest absolute Gasteiger partial charge is 0.234 e. The number of nitrogens with zero attached hydrogens (tertiary/aromatic N) is 1. The van der Waals surface area contributed by atoms with Crippen LogP contribution in [0.1, 0.15) is 50.8 Å². The predicted octanol–water partition coefficient (Wildman–Crippen LogP) is 1.91. The molecule has 1 saturated heterocycles. The molecule has 1 aliphatic rings. The molecular weight excluding hydrogens is 256 g/mol. The van der Waals surface area contributed by atoms with Gasteiger partial charge in [0.25, 0.3) is 0 Å². The maximum absolute atomic E-state index is 11.9. The molecule has 1 N–H and O–H groups in total. The van der Waals surface area contributed by atoms with E-state index in [9.17, 15) is 9.59 Å². The Morgan fingerprint density at radius 2 is 2.00 bits per heavy atom. The summed E-state index contributed by atoms with van der Waals surface area (Å²) < 4.78 is 5.33. The van der Waals surface area contributed by atoms with Crippen LogP contribution in [0.4, 0.5) is 0 Å². The summed E-state index contributed by atoms with van der Waals surface area (Å²) in [7, 11) is 1.55. The van der Waals surface area contributed by atoms with E-state index in [0.717, 1.165) is 11.3 Å². The summed E-state index contributed by atoms with van der Waals surface area (Å²) >= 11 is 0. The van der Waals surface area contributed by atoms with Crippen molar-refractivity contribution < 1.29 is 14.3 Å². The van der Waals surface area contributed by atoms with Gasteiger partial charge < -0.3 is 4.74 Å². The molecule has 2 heterocycles. The van der Waals surface area contributed by atoms with Gasteiger partial charge in [0.15, 0.2) is 0 Å². The molecule has 1 unspecified atom stereocenters. The SMILES string of the molecule is COc1nc(C(C)(C)C)ccc1C1CCC(=O)NC1=O. The molecule has 5 nitrogen and oxygen atoms in total. The van der Waals surface area contributed by atoms with Gasteiger partial charge in [-0.05, 0) is 12.5 Å². The molecule has 0 spiro atoms. The highest BCUT2D eigenvalue weighted by Gasteiger charge is 2.31. The van der Waals surface area contributed by atoms with Crippen LogP contribution in [0.5, 0.6) is 5.88 Å². The van der Waals surface area contributed by atoms with Gasteiger partial charge >= 0.3 is 0 Å². The first-order valence-electron chi connectivity index (χ1n) is 6.72. The molecule has 1 aliphatic heterocycles. The first kappa shape index (κ1) is 14.5. The lowest BCUT2D eigenvalue weighted by molar-refractivity contribution is -0.134. The van der Waals surface area contributed by atoms with Gasteiger partial charge in [-0.15, -0.1) is 0 Å². The van der Waals surface area contributed by atoms with E-state index in [0.29, 0.717) is 18.7 Å². The number of rotatable bonds is 2. The molecule has 2 rings (SSSR count). The molecule has 20 heavy (non-hydrogen) atoms. The molecule has 0 bridgehead atoms. The van der Waals surface area contributed by atoms with Gasteiger partial charge in [0.2, 0.25) is 17.7 Å². The van der Waals surface area contributed by atoms with Crippen LogP contribution in [-0.2, 0) is 15.0 Å². The minimum absolute atomic E-state index is 0.0867. The molecule has 0 saturated carbocycles. The fourth-order valence-electron chi connectivity index (χ4n) is 2.29. The maximum Gasteiger partial charge on any atom is 0.234 e. The molecule has 0 aliphatic carbocycles. The highest BCUT2D eigenvalue weighted by molar-refractivity contribution is 6.01. The number of amides is 2. The van der Waals surface area contributed by atoms with E-state index < -0.39 is 0 Å². The van der Waals surface area contributed by atoms with Crippen LogP contribution >= 0.6 is 0 Å². The van der Waals surface area contributed by atoms with Crippen molar-refractivity contribution in [2.75, 3.05) is 7.11 Å². The third-order valence-electron chi connectivity index (χ3n) is 3.47. The Hall–Kier alpha value is -1.91. The van der Waals surface area contributed by atoms with Gasteiger partial charge in [0.1, 0.15) is 0 Å². The van der Waals surface area contributed by atoms with Crippen molar-refractivity contribution in [1.29, 1.82) is 0 Å². The number of carbonyl (C=O) groups is 2. The summed E-state index contributed by atoms with van der Waals surface area (Å²) in [6.07, 6.45) is 0.845. The van der Waals surface area contributed by atoms with Gasteiger partial charge in [0, 0.05) is 23.1 Å². The van der Waals surface area contributed by atoms with E-state index in [-0.39, 0.29) is 23.1 Å². The predicted molar refractivity (Wildman–Crippen MR) is 74.6 cm³/mol. The second-order valence-electron chi connectivity index (χ2n) is 6.05. The van der Waals surface area contributed by atoms with Gasteiger partial charge in [-0.1, -0.05) is 26.8 Å². The van der Waals surface area contributed by atoms with E-state index in [1.54, 1.807) is 7.11 Å². The minimum atomic E-state index is -0.371. The number of imide groups is 1. The van der Waals surface area contributed by atoms with Crippen LogP contribution < -0.4 is 10.1 Å². The second-order valence-corrected chi connectivity index (χ2v) is 6.05. The van der Waals surface area contributed by atoms with Crippen molar-refractivity contribution in [2.45, 2.75) is 44.9 Å². The standard InChI is InChI=1S/C15H20N2O3/c1-15(2,3)11-7-5-10(14(16-11)20-4)9-6-8-12(18)17-13(9)19/h5,7,9H,6,8H2,1-4H3,(H,17,18,19). The van der Waals surface area contributed by atoms with Crippen molar-refractivity contribution >= 4 is 11.8 Å². The van der Waals surface area contributed by atoms with Crippen LogP contribution in [0.15, 0.2) is 12.1 Å². The Bertz CT molecular complexity index is 547. The molecule has 5 heteroatoms. The molecule has 1 fully saturated rings. The maximum atomic E-state index is 11.9. The first-order valence-corrected chi connectivity index (χ1v) is 6.72. The summed E-state index contributed by atoms with van der Waals surface area (Å²) in [5.41, 5.74) is 1.56. The molecule has 1 atom stereocenters. The van der Waals surface area contributed by atoms with Crippen LogP contribution in [0.2, 0.25) is 0 Å². The number of carbonyl (C=O) groups excluding carboxylic acids is 2. The van der Waals surface area contributed by atoms with Gasteiger partial charge in [-0.2, -0.15) is 0 Å². The Morgan fingerprint density at radius 3 is 2.55 bits per heavy atom. The summed E-state index contributed by atoms with van der Waals surface area (Å²) in [5, 5.41) is 2.36. The van der Waals surface area contributed by atoms with Crippen LogP contribution in [-0.4, -0.2) is 23.9 Å². The number of aromatic nitrogens is 1. The van der Waals surface area contributed by atoms with E-state index in [1.165, 1.54) is 0 Å². The third-order valence-corrected chi connectivity index (χ3v) is 3.47. The van der Waals surface area contributed by atoms with Crippen molar-refractivity contribution in [3.63, 3.8) is 0 Å². The van der Waals surface area contributed by atoms with Crippen molar-refractivity contribution in [2.24, 2.45) is 0 Å². The Kier molecular flexibility index (Phi) is 3.79. The van der Waals surface area contributed by atoms with E-state index in [1.807, 2.05) is 12.1 Å². The van der Waals surface area contributed by atoms with Gasteiger partial charge in [-0.3, -0.25) is 14.9 Å². The molecule has 2 amide bonds. The molecule has 108 valence electrons. The summed E-state index contributed by atoms with van der Waals surface area (Å²) in [5.74, 6) is -0.398. The molecule has 1 aromatic heterocycles. The Balaban J connectivity index is 2.37. The first-order chi connectivity index (χ1) is 9.32. The molecule has 1 aromatic rings. The topological polar surface area (TPSA) is 68.3 Å². The number of hydrogen-bond acceptors (Lipinski definition) is 4. The Labute approximate surface area is 118 Å². The Morgan fingerprint density at radius 1 is 1.30 bits per heavy atom. The summed E-state index contributed by atoms with van der Waals surface area (Å²) in [6.45, 7) is 6.21. The average molecular weight is 276 g/mol. The monoisotopic (exact) mass is 276 g/mol. The highest BCUT2D eigenvalue weighted by atomic mass is 16.5. The van der Waals surface area contributed by atoms with Crippen molar-refractivity contribution in [3.8, 4) is 5.88 Å².